The van der Waals surface area contributed by atoms with Gasteiger partial charge in [-0.15, -0.1) is 0 Å². The van der Waals surface area contributed by atoms with E-state index in [-0.39, 0.29) is 6.10 Å². The number of fused-ring (bicyclic) bond motifs is 1. The number of nitrogens with two attached hydrogens (primary N) is 1. The van der Waals surface area contributed by atoms with Crippen LogP contribution in [0.1, 0.15) is 18.1 Å². The van der Waals surface area contributed by atoms with Gasteiger partial charge in [-0.3, -0.25) is 0 Å². The summed E-state index contributed by atoms with van der Waals surface area (Å²) in [6, 6.07) is 1.94. The van der Waals surface area contributed by atoms with Gasteiger partial charge in [0.1, 0.15) is 6.10 Å². The minimum Gasteiger partial charge on any atom is -0.493 e. The fourth-order valence-electron chi connectivity index (χ4n) is 2.11. The second kappa shape index (κ2) is 4.52. The van der Waals surface area contributed by atoms with Crippen molar-refractivity contribution in [1.29, 1.82) is 0 Å². The van der Waals surface area contributed by atoms with Crippen LogP contribution in [0.5, 0.6) is 11.5 Å². The van der Waals surface area contributed by atoms with Gasteiger partial charge in [-0.05, 0) is 26.0 Å². The zero-order valence-electron chi connectivity index (χ0n) is 9.55. The van der Waals surface area contributed by atoms with Crippen LogP contribution in [0.25, 0.3) is 0 Å². The topological polar surface area (TPSA) is 44.5 Å². The van der Waals surface area contributed by atoms with Crippen molar-refractivity contribution in [1.82, 2.24) is 0 Å². The third-order valence-corrected chi connectivity index (χ3v) is 3.13. The highest BCUT2D eigenvalue weighted by molar-refractivity contribution is 6.31. The van der Waals surface area contributed by atoms with Gasteiger partial charge in [0.25, 0.3) is 0 Å². The molecule has 0 aliphatic carbocycles. The molecule has 0 saturated carbocycles. The molecule has 1 heterocycles. The second-order valence-electron chi connectivity index (χ2n) is 4.03. The number of halogens is 1. The highest BCUT2D eigenvalue weighted by atomic mass is 35.5. The molecule has 1 atom stereocenters. The van der Waals surface area contributed by atoms with Crippen molar-refractivity contribution in [3.8, 4) is 11.5 Å². The first-order chi connectivity index (χ1) is 7.67. The van der Waals surface area contributed by atoms with E-state index in [2.05, 4.69) is 0 Å². The maximum absolute atomic E-state index is 6.23. The summed E-state index contributed by atoms with van der Waals surface area (Å²) in [6.07, 6.45) is 1.75. The van der Waals surface area contributed by atoms with Crippen molar-refractivity contribution in [2.45, 2.75) is 25.9 Å². The Morgan fingerprint density at radius 1 is 1.62 bits per heavy atom. The highest BCUT2D eigenvalue weighted by Gasteiger charge is 2.27. The van der Waals surface area contributed by atoms with Crippen LogP contribution in [0.2, 0.25) is 5.02 Å². The van der Waals surface area contributed by atoms with Crippen molar-refractivity contribution in [3.63, 3.8) is 0 Å². The molecule has 0 saturated heterocycles. The van der Waals surface area contributed by atoms with Crippen molar-refractivity contribution in [2.24, 2.45) is 5.73 Å². The molecule has 0 radical (unpaired) electrons. The van der Waals surface area contributed by atoms with Gasteiger partial charge in [-0.2, -0.15) is 0 Å². The van der Waals surface area contributed by atoms with Crippen LogP contribution in [-0.4, -0.2) is 19.8 Å². The highest BCUT2D eigenvalue weighted by Crippen LogP contribution is 2.44. The summed E-state index contributed by atoms with van der Waals surface area (Å²) in [5, 5.41) is 0.753. The molecule has 0 fully saturated rings. The molecule has 16 heavy (non-hydrogen) atoms. The van der Waals surface area contributed by atoms with Gasteiger partial charge < -0.3 is 15.2 Å². The fraction of sp³-hybridized carbons (Fsp3) is 0.500. The lowest BCUT2D eigenvalue weighted by Crippen LogP contribution is -2.07. The van der Waals surface area contributed by atoms with E-state index in [9.17, 15) is 0 Å². The smallest absolute Gasteiger partial charge is 0.166 e. The van der Waals surface area contributed by atoms with Gasteiger partial charge in [-0.25, -0.2) is 0 Å². The minimum absolute atomic E-state index is 0.162. The van der Waals surface area contributed by atoms with E-state index < -0.39 is 0 Å². The standard InChI is InChI=1S/C12H16ClNO2/c1-7-5-9-10(13)6-8(3-4-14)11(15-2)12(9)16-7/h6-7H,3-5,14H2,1-2H3. The molecular formula is C12H16ClNO2. The van der Waals surface area contributed by atoms with E-state index in [1.165, 1.54) is 0 Å². The normalized spacial score (nSPS) is 18.1. The summed E-state index contributed by atoms with van der Waals surface area (Å²) in [4.78, 5) is 0. The lowest BCUT2D eigenvalue weighted by atomic mass is 10.0. The number of hydrogen-bond donors (Lipinski definition) is 1. The first-order valence-corrected chi connectivity index (χ1v) is 5.80. The van der Waals surface area contributed by atoms with Crippen LogP contribution in [-0.2, 0) is 12.8 Å². The third kappa shape index (κ3) is 1.85. The Bertz CT molecular complexity index is 406. The molecule has 0 bridgehead atoms. The largest absolute Gasteiger partial charge is 0.493 e. The SMILES string of the molecule is COc1c(CCN)cc(Cl)c2c1OC(C)C2. The average Bonchev–Trinajstić information content (AvgIpc) is 2.61. The van der Waals surface area contributed by atoms with Gasteiger partial charge >= 0.3 is 0 Å². The second-order valence-corrected chi connectivity index (χ2v) is 4.44. The Labute approximate surface area is 100 Å². The Kier molecular flexibility index (Phi) is 3.26. The van der Waals surface area contributed by atoms with Gasteiger partial charge in [0.05, 0.1) is 7.11 Å². The molecule has 3 nitrogen and oxygen atoms in total. The predicted octanol–water partition coefficient (Wildman–Crippen LogP) is 2.17. The molecule has 1 aromatic carbocycles. The van der Waals surface area contributed by atoms with Crippen molar-refractivity contribution < 1.29 is 9.47 Å². The summed E-state index contributed by atoms with van der Waals surface area (Å²) >= 11 is 6.23. The monoisotopic (exact) mass is 241 g/mol. The first kappa shape index (κ1) is 11.6. The molecular weight excluding hydrogens is 226 g/mol. The third-order valence-electron chi connectivity index (χ3n) is 2.79. The van der Waals surface area contributed by atoms with Gasteiger partial charge in [0.2, 0.25) is 0 Å². The molecule has 0 spiro atoms. The van der Waals surface area contributed by atoms with Crippen LogP contribution < -0.4 is 15.2 Å². The number of methoxy groups -OCH3 is 1. The van der Waals surface area contributed by atoms with E-state index >= 15 is 0 Å². The summed E-state index contributed by atoms with van der Waals surface area (Å²) in [7, 11) is 1.65. The lowest BCUT2D eigenvalue weighted by Gasteiger charge is -2.13. The molecule has 88 valence electrons. The molecule has 4 heteroatoms. The van der Waals surface area contributed by atoms with Crippen LogP contribution >= 0.6 is 11.6 Å². The Balaban J connectivity index is 2.52. The number of rotatable bonds is 3. The fourth-order valence-corrected chi connectivity index (χ4v) is 2.40. The Morgan fingerprint density at radius 2 is 2.38 bits per heavy atom. The molecule has 1 unspecified atom stereocenters. The van der Waals surface area contributed by atoms with E-state index in [0.29, 0.717) is 6.54 Å². The first-order valence-electron chi connectivity index (χ1n) is 5.42. The van der Waals surface area contributed by atoms with Crippen molar-refractivity contribution >= 4 is 11.6 Å². The Hall–Kier alpha value is -0.930. The van der Waals surface area contributed by atoms with Gasteiger partial charge in [0, 0.05) is 22.6 Å². The lowest BCUT2D eigenvalue weighted by molar-refractivity contribution is 0.243. The van der Waals surface area contributed by atoms with Crippen LogP contribution in [0.3, 0.4) is 0 Å². The van der Waals surface area contributed by atoms with Gasteiger partial charge in [0.15, 0.2) is 11.5 Å². The quantitative estimate of drug-likeness (QED) is 0.882. The van der Waals surface area contributed by atoms with E-state index in [0.717, 1.165) is 40.5 Å². The van der Waals surface area contributed by atoms with Crippen LogP contribution in [0.4, 0.5) is 0 Å². The Morgan fingerprint density at radius 3 is 3.00 bits per heavy atom. The minimum atomic E-state index is 0.162. The number of hydrogen-bond acceptors (Lipinski definition) is 3. The average molecular weight is 242 g/mol. The number of benzene rings is 1. The molecule has 2 rings (SSSR count). The molecule has 0 aromatic heterocycles. The zero-order valence-corrected chi connectivity index (χ0v) is 10.3. The molecule has 1 aliphatic heterocycles. The molecule has 1 aliphatic rings. The number of ether oxygens (including phenoxy) is 2. The summed E-state index contributed by atoms with van der Waals surface area (Å²) in [6.45, 7) is 2.60. The zero-order chi connectivity index (χ0) is 11.7. The van der Waals surface area contributed by atoms with Crippen LogP contribution in [0.15, 0.2) is 6.07 Å². The van der Waals surface area contributed by atoms with E-state index in [1.54, 1.807) is 7.11 Å². The van der Waals surface area contributed by atoms with Crippen molar-refractivity contribution in [2.75, 3.05) is 13.7 Å². The summed E-state index contributed by atoms with van der Waals surface area (Å²) in [5.41, 5.74) is 7.63. The summed E-state index contributed by atoms with van der Waals surface area (Å²) < 4.78 is 11.2. The van der Waals surface area contributed by atoms with Crippen molar-refractivity contribution in [3.05, 3.63) is 22.2 Å². The molecule has 2 N–H and O–H groups in total. The van der Waals surface area contributed by atoms with Gasteiger partial charge in [-0.1, -0.05) is 11.6 Å². The van der Waals surface area contributed by atoms with Crippen LogP contribution in [0, 0.1) is 0 Å². The van der Waals surface area contributed by atoms with E-state index in [1.807, 2.05) is 13.0 Å². The molecule has 1 aromatic rings. The predicted molar refractivity (Wildman–Crippen MR) is 64.6 cm³/mol. The summed E-state index contributed by atoms with van der Waals surface area (Å²) in [5.74, 6) is 1.58. The molecule has 0 amide bonds. The van der Waals surface area contributed by atoms with E-state index in [4.69, 9.17) is 26.8 Å². The maximum atomic E-state index is 6.23. The maximum Gasteiger partial charge on any atom is 0.166 e.